The van der Waals surface area contributed by atoms with Gasteiger partial charge in [-0.2, -0.15) is 5.26 Å². The molecule has 1 heterocycles. The van der Waals surface area contributed by atoms with Gasteiger partial charge in [0.15, 0.2) is 0 Å². The Bertz CT molecular complexity index is 468. The highest BCUT2D eigenvalue weighted by molar-refractivity contribution is 8.01. The Hall–Kier alpha value is -1.67. The third-order valence-electron chi connectivity index (χ3n) is 2.28. The maximum atomic E-state index is 11.6. The van der Waals surface area contributed by atoms with Crippen molar-refractivity contribution in [1.82, 2.24) is 0 Å². The second-order valence-corrected chi connectivity index (χ2v) is 4.56. The Morgan fingerprint density at radius 1 is 1.62 bits per heavy atom. The van der Waals surface area contributed by atoms with Gasteiger partial charge in [-0.1, -0.05) is 0 Å². The number of ether oxygens (including phenoxy) is 1. The summed E-state index contributed by atoms with van der Waals surface area (Å²) in [5.41, 5.74) is 0.782. The molecule has 0 radical (unpaired) electrons. The molecule has 1 N–H and O–H groups in total. The molecule has 0 aliphatic carbocycles. The molecule has 1 aliphatic rings. The van der Waals surface area contributed by atoms with E-state index >= 15 is 0 Å². The lowest BCUT2D eigenvalue weighted by Crippen LogP contribution is -2.28. The first-order chi connectivity index (χ1) is 7.74. The first-order valence-electron chi connectivity index (χ1n) is 4.77. The summed E-state index contributed by atoms with van der Waals surface area (Å²) in [6, 6.07) is 7.48. The largest absolute Gasteiger partial charge is 0.497 e. The van der Waals surface area contributed by atoms with Crippen molar-refractivity contribution in [2.24, 2.45) is 0 Å². The molecule has 2 rings (SSSR count). The number of anilines is 1. The topological polar surface area (TPSA) is 62.1 Å². The number of rotatable bonds is 2. The van der Waals surface area contributed by atoms with E-state index < -0.39 is 0 Å². The van der Waals surface area contributed by atoms with Crippen molar-refractivity contribution >= 4 is 23.4 Å². The molecule has 0 fully saturated rings. The van der Waals surface area contributed by atoms with Gasteiger partial charge in [-0.15, -0.1) is 11.8 Å². The Kier molecular flexibility index (Phi) is 3.02. The number of amides is 1. The van der Waals surface area contributed by atoms with E-state index in [9.17, 15) is 4.79 Å². The van der Waals surface area contributed by atoms with Gasteiger partial charge in [0.05, 0.1) is 25.3 Å². The molecule has 0 bridgehead atoms. The number of nitriles is 1. The summed E-state index contributed by atoms with van der Waals surface area (Å²) >= 11 is 1.40. The van der Waals surface area contributed by atoms with Gasteiger partial charge in [-0.05, 0) is 18.2 Å². The zero-order valence-electron chi connectivity index (χ0n) is 8.69. The molecule has 1 amide bonds. The molecular formula is C11H10N2O2S. The summed E-state index contributed by atoms with van der Waals surface area (Å²) in [5, 5.41) is 11.1. The van der Waals surface area contributed by atoms with Crippen LogP contribution in [0.1, 0.15) is 6.42 Å². The average Bonchev–Trinajstić information content (AvgIpc) is 2.30. The molecule has 1 aromatic carbocycles. The summed E-state index contributed by atoms with van der Waals surface area (Å²) in [6.07, 6.45) is 0.215. The second kappa shape index (κ2) is 4.45. The fourth-order valence-electron chi connectivity index (χ4n) is 1.47. The minimum Gasteiger partial charge on any atom is -0.497 e. The Morgan fingerprint density at radius 2 is 2.44 bits per heavy atom. The lowest BCUT2D eigenvalue weighted by Gasteiger charge is -2.22. The minimum atomic E-state index is -0.329. The number of hydrogen-bond donors (Lipinski definition) is 1. The molecule has 16 heavy (non-hydrogen) atoms. The highest BCUT2D eigenvalue weighted by atomic mass is 32.2. The minimum absolute atomic E-state index is 0.107. The van der Waals surface area contributed by atoms with Gasteiger partial charge in [0.2, 0.25) is 5.91 Å². The maximum absolute atomic E-state index is 11.6. The SMILES string of the molecule is COc1ccc2c(c1)SC(CC#N)C(=O)N2. The first-order valence-corrected chi connectivity index (χ1v) is 5.65. The zero-order valence-corrected chi connectivity index (χ0v) is 9.50. The smallest absolute Gasteiger partial charge is 0.238 e. The third-order valence-corrected chi connectivity index (χ3v) is 3.54. The van der Waals surface area contributed by atoms with Gasteiger partial charge in [-0.3, -0.25) is 4.79 Å². The van der Waals surface area contributed by atoms with Crippen molar-refractivity contribution < 1.29 is 9.53 Å². The van der Waals surface area contributed by atoms with Gasteiger partial charge in [-0.25, -0.2) is 0 Å². The number of fused-ring (bicyclic) bond motifs is 1. The average molecular weight is 234 g/mol. The Balaban J connectivity index is 2.29. The lowest BCUT2D eigenvalue weighted by atomic mass is 10.2. The van der Waals surface area contributed by atoms with E-state index in [2.05, 4.69) is 5.32 Å². The molecule has 1 aliphatic heterocycles. The van der Waals surface area contributed by atoms with Crippen LogP contribution in [0.2, 0.25) is 0 Å². The van der Waals surface area contributed by atoms with Crippen LogP contribution in [0.4, 0.5) is 5.69 Å². The number of carbonyl (C=O) groups is 1. The van der Waals surface area contributed by atoms with Crippen molar-refractivity contribution in [3.05, 3.63) is 18.2 Å². The number of nitrogens with zero attached hydrogens (tertiary/aromatic N) is 1. The van der Waals surface area contributed by atoms with Crippen LogP contribution in [0.15, 0.2) is 23.1 Å². The molecule has 4 nitrogen and oxygen atoms in total. The predicted octanol–water partition coefficient (Wildman–Crippen LogP) is 2.02. The first kappa shape index (κ1) is 10.8. The predicted molar refractivity (Wildman–Crippen MR) is 61.5 cm³/mol. The number of thioether (sulfide) groups is 1. The summed E-state index contributed by atoms with van der Waals surface area (Å²) in [4.78, 5) is 12.5. The van der Waals surface area contributed by atoms with Crippen LogP contribution in [-0.4, -0.2) is 18.3 Å². The standard InChI is InChI=1S/C11H10N2O2S/c1-15-7-2-3-8-10(6-7)16-9(4-5-12)11(14)13-8/h2-3,6,9H,4H2,1H3,(H,13,14). The Labute approximate surface area is 97.6 Å². The van der Waals surface area contributed by atoms with Crippen LogP contribution in [0.5, 0.6) is 5.75 Å². The maximum Gasteiger partial charge on any atom is 0.238 e. The Morgan fingerprint density at radius 3 is 3.12 bits per heavy atom. The summed E-state index contributed by atoms with van der Waals surface area (Å²) in [7, 11) is 1.60. The molecule has 0 saturated carbocycles. The van der Waals surface area contributed by atoms with E-state index in [0.29, 0.717) is 0 Å². The van der Waals surface area contributed by atoms with Gasteiger partial charge in [0, 0.05) is 4.90 Å². The van der Waals surface area contributed by atoms with Crippen LogP contribution < -0.4 is 10.1 Å². The monoisotopic (exact) mass is 234 g/mol. The van der Waals surface area contributed by atoms with Crippen molar-refractivity contribution in [2.75, 3.05) is 12.4 Å². The molecule has 82 valence electrons. The number of hydrogen-bond acceptors (Lipinski definition) is 4. The van der Waals surface area contributed by atoms with Crippen molar-refractivity contribution in [3.63, 3.8) is 0 Å². The quantitative estimate of drug-likeness (QED) is 0.850. The van der Waals surface area contributed by atoms with E-state index in [1.807, 2.05) is 18.2 Å². The highest BCUT2D eigenvalue weighted by Crippen LogP contribution is 2.38. The molecule has 1 unspecified atom stereocenters. The summed E-state index contributed by atoms with van der Waals surface area (Å²) in [5.74, 6) is 0.641. The molecule has 5 heteroatoms. The fraction of sp³-hybridized carbons (Fsp3) is 0.273. The molecule has 1 aromatic rings. The van der Waals surface area contributed by atoms with E-state index in [1.54, 1.807) is 13.2 Å². The van der Waals surface area contributed by atoms with Gasteiger partial charge >= 0.3 is 0 Å². The van der Waals surface area contributed by atoms with E-state index in [0.717, 1.165) is 16.3 Å². The third kappa shape index (κ3) is 1.97. The number of carbonyl (C=O) groups excluding carboxylic acids is 1. The van der Waals surface area contributed by atoms with E-state index in [-0.39, 0.29) is 17.6 Å². The normalized spacial score (nSPS) is 18.2. The van der Waals surface area contributed by atoms with E-state index in [1.165, 1.54) is 11.8 Å². The second-order valence-electron chi connectivity index (χ2n) is 3.32. The molecule has 0 saturated heterocycles. The summed E-state index contributed by atoms with van der Waals surface area (Å²) in [6.45, 7) is 0. The van der Waals surface area contributed by atoms with Crippen molar-refractivity contribution in [1.29, 1.82) is 5.26 Å². The lowest BCUT2D eigenvalue weighted by molar-refractivity contribution is -0.115. The molecule has 0 aromatic heterocycles. The van der Waals surface area contributed by atoms with Gasteiger partial charge < -0.3 is 10.1 Å². The van der Waals surface area contributed by atoms with Crippen LogP contribution in [-0.2, 0) is 4.79 Å². The molecule has 1 atom stereocenters. The fourth-order valence-corrected chi connectivity index (χ4v) is 2.53. The number of benzene rings is 1. The van der Waals surface area contributed by atoms with Gasteiger partial charge in [0.25, 0.3) is 0 Å². The summed E-state index contributed by atoms with van der Waals surface area (Å²) < 4.78 is 5.11. The van der Waals surface area contributed by atoms with Crippen molar-refractivity contribution in [3.8, 4) is 11.8 Å². The van der Waals surface area contributed by atoms with E-state index in [4.69, 9.17) is 10.00 Å². The van der Waals surface area contributed by atoms with Crippen LogP contribution in [0, 0.1) is 11.3 Å². The zero-order chi connectivity index (χ0) is 11.5. The van der Waals surface area contributed by atoms with Crippen LogP contribution >= 0.6 is 11.8 Å². The highest BCUT2D eigenvalue weighted by Gasteiger charge is 2.26. The molecular weight excluding hydrogens is 224 g/mol. The van der Waals surface area contributed by atoms with Crippen LogP contribution in [0.25, 0.3) is 0 Å². The number of nitrogens with one attached hydrogen (secondary N) is 1. The van der Waals surface area contributed by atoms with Crippen molar-refractivity contribution in [2.45, 2.75) is 16.6 Å². The van der Waals surface area contributed by atoms with Gasteiger partial charge in [0.1, 0.15) is 11.0 Å². The molecule has 0 spiro atoms. The number of methoxy groups -OCH3 is 1. The van der Waals surface area contributed by atoms with Crippen LogP contribution in [0.3, 0.4) is 0 Å².